The normalized spacial score (nSPS) is 10.3. The quantitative estimate of drug-likeness (QED) is 0.655. The van der Waals surface area contributed by atoms with Crippen molar-refractivity contribution in [3.63, 3.8) is 0 Å². The average molecular weight is 396 g/mol. The van der Waals surface area contributed by atoms with Gasteiger partial charge >= 0.3 is 0 Å². The van der Waals surface area contributed by atoms with Gasteiger partial charge in [-0.15, -0.1) is 0 Å². The molecule has 2 aromatic carbocycles. The molecule has 148 valence electrons. The lowest BCUT2D eigenvalue weighted by atomic mass is 10.2. The molecule has 0 unspecified atom stereocenters. The van der Waals surface area contributed by atoms with E-state index in [0.29, 0.717) is 11.4 Å². The summed E-state index contributed by atoms with van der Waals surface area (Å²) in [6.45, 7) is 1.56. The third kappa shape index (κ3) is 4.29. The summed E-state index contributed by atoms with van der Waals surface area (Å²) < 4.78 is 20.2. The molecule has 0 radical (unpaired) electrons. The largest absolute Gasteiger partial charge is 0.497 e. The minimum Gasteiger partial charge on any atom is -0.497 e. The number of carbonyl (C=O) groups is 2. The smallest absolute Gasteiger partial charge is 0.294 e. The van der Waals surface area contributed by atoms with Crippen molar-refractivity contribution in [2.45, 2.75) is 6.92 Å². The fourth-order valence-corrected chi connectivity index (χ4v) is 2.56. The third-order valence-electron chi connectivity index (χ3n) is 4.04. The molecule has 0 aliphatic rings. The number of carbonyl (C=O) groups excluding carboxylic acids is 2. The number of amides is 2. The number of aromatic nitrogens is 2. The summed E-state index contributed by atoms with van der Waals surface area (Å²) in [5.41, 5.74) is 3.89. The first-order valence-electron chi connectivity index (χ1n) is 8.51. The molecule has 3 rings (SSSR count). The van der Waals surface area contributed by atoms with E-state index < -0.39 is 28.8 Å². The maximum atomic E-state index is 14.1. The SMILES string of the molecule is COc1ccc(C(=O)NNC(=O)c2nn(-c3ccccc3F)c(C)cc2=O)cc1. The lowest BCUT2D eigenvalue weighted by Gasteiger charge is -2.12. The number of halogens is 1. The van der Waals surface area contributed by atoms with Crippen molar-refractivity contribution in [1.82, 2.24) is 20.6 Å². The molecule has 8 nitrogen and oxygen atoms in total. The molecule has 2 amide bonds. The van der Waals surface area contributed by atoms with Gasteiger partial charge in [0, 0.05) is 17.3 Å². The first-order chi connectivity index (χ1) is 13.9. The zero-order valence-electron chi connectivity index (χ0n) is 15.6. The zero-order chi connectivity index (χ0) is 21.0. The topological polar surface area (TPSA) is 102 Å². The molecular formula is C20H17FN4O4. The predicted molar refractivity (Wildman–Crippen MR) is 102 cm³/mol. The van der Waals surface area contributed by atoms with Crippen LogP contribution in [0, 0.1) is 12.7 Å². The van der Waals surface area contributed by atoms with Gasteiger partial charge < -0.3 is 4.74 Å². The van der Waals surface area contributed by atoms with Crippen molar-refractivity contribution in [2.24, 2.45) is 0 Å². The van der Waals surface area contributed by atoms with Crippen molar-refractivity contribution in [3.05, 3.63) is 87.6 Å². The number of hydrogen-bond donors (Lipinski definition) is 2. The second kappa shape index (κ2) is 8.34. The zero-order valence-corrected chi connectivity index (χ0v) is 15.6. The number of aryl methyl sites for hydroxylation is 1. The fraction of sp³-hybridized carbons (Fsp3) is 0.100. The Balaban J connectivity index is 1.80. The Kier molecular flexibility index (Phi) is 5.68. The van der Waals surface area contributed by atoms with E-state index >= 15 is 0 Å². The number of nitrogens with zero attached hydrogens (tertiary/aromatic N) is 2. The highest BCUT2D eigenvalue weighted by molar-refractivity contribution is 5.98. The van der Waals surface area contributed by atoms with E-state index in [2.05, 4.69) is 16.0 Å². The van der Waals surface area contributed by atoms with Crippen LogP contribution in [0.15, 0.2) is 59.4 Å². The number of rotatable bonds is 4. The van der Waals surface area contributed by atoms with Crippen LogP contribution in [0.1, 0.15) is 26.5 Å². The van der Waals surface area contributed by atoms with Gasteiger partial charge in [0.05, 0.1) is 7.11 Å². The number of hydrogen-bond acceptors (Lipinski definition) is 5. The van der Waals surface area contributed by atoms with Gasteiger partial charge in [-0.3, -0.25) is 25.2 Å². The van der Waals surface area contributed by atoms with Gasteiger partial charge in [0.2, 0.25) is 5.43 Å². The van der Waals surface area contributed by atoms with E-state index in [1.54, 1.807) is 25.1 Å². The molecule has 0 aliphatic carbocycles. The second-order valence-corrected chi connectivity index (χ2v) is 6.00. The average Bonchev–Trinajstić information content (AvgIpc) is 2.72. The Morgan fingerprint density at radius 2 is 1.69 bits per heavy atom. The number of nitrogens with one attached hydrogen (secondary N) is 2. The summed E-state index contributed by atoms with van der Waals surface area (Å²) in [7, 11) is 1.50. The Morgan fingerprint density at radius 1 is 1.03 bits per heavy atom. The molecule has 29 heavy (non-hydrogen) atoms. The summed E-state index contributed by atoms with van der Waals surface area (Å²) in [6, 6.07) is 13.2. The van der Waals surface area contributed by atoms with Gasteiger partial charge in [-0.1, -0.05) is 12.1 Å². The number of para-hydroxylation sites is 1. The van der Waals surface area contributed by atoms with Crippen LogP contribution in [0.25, 0.3) is 5.69 Å². The summed E-state index contributed by atoms with van der Waals surface area (Å²) in [5.74, 6) is -1.52. The van der Waals surface area contributed by atoms with E-state index in [1.165, 1.54) is 43.5 Å². The van der Waals surface area contributed by atoms with Crippen LogP contribution in [-0.4, -0.2) is 28.7 Å². The van der Waals surface area contributed by atoms with Crippen molar-refractivity contribution in [3.8, 4) is 11.4 Å². The monoisotopic (exact) mass is 396 g/mol. The highest BCUT2D eigenvalue weighted by atomic mass is 19.1. The summed E-state index contributed by atoms with van der Waals surface area (Å²) in [6.07, 6.45) is 0. The van der Waals surface area contributed by atoms with Crippen molar-refractivity contribution in [2.75, 3.05) is 7.11 Å². The molecule has 9 heteroatoms. The fourth-order valence-electron chi connectivity index (χ4n) is 2.56. The van der Waals surface area contributed by atoms with E-state index in [9.17, 15) is 18.8 Å². The number of hydrazine groups is 1. The summed E-state index contributed by atoms with van der Waals surface area (Å²) >= 11 is 0. The lowest BCUT2D eigenvalue weighted by molar-refractivity contribution is 0.0842. The van der Waals surface area contributed by atoms with Crippen LogP contribution in [0.3, 0.4) is 0 Å². The Bertz CT molecular complexity index is 1130. The minimum absolute atomic E-state index is 0.0846. The predicted octanol–water partition coefficient (Wildman–Crippen LogP) is 1.76. The van der Waals surface area contributed by atoms with E-state index in [0.717, 1.165) is 4.68 Å². The van der Waals surface area contributed by atoms with Crippen LogP contribution < -0.4 is 21.0 Å². The summed E-state index contributed by atoms with van der Waals surface area (Å²) in [4.78, 5) is 36.7. The van der Waals surface area contributed by atoms with Gasteiger partial charge in [-0.2, -0.15) is 5.10 Å². The maximum Gasteiger partial charge on any atom is 0.294 e. The number of ether oxygens (including phenoxy) is 1. The van der Waals surface area contributed by atoms with Crippen molar-refractivity contribution < 1.29 is 18.7 Å². The first kappa shape index (κ1) is 19.7. The van der Waals surface area contributed by atoms with Gasteiger partial charge in [0.1, 0.15) is 17.3 Å². The Hall–Kier alpha value is -4.01. The van der Waals surface area contributed by atoms with Gasteiger partial charge in [-0.25, -0.2) is 9.07 Å². The maximum absolute atomic E-state index is 14.1. The molecule has 1 heterocycles. The molecule has 1 aromatic heterocycles. The molecule has 0 saturated heterocycles. The number of benzene rings is 2. The van der Waals surface area contributed by atoms with Crippen molar-refractivity contribution >= 4 is 11.8 Å². The van der Waals surface area contributed by atoms with Gasteiger partial charge in [-0.05, 0) is 43.3 Å². The molecule has 0 saturated carbocycles. The van der Waals surface area contributed by atoms with Crippen LogP contribution in [0.5, 0.6) is 5.75 Å². The van der Waals surface area contributed by atoms with Crippen LogP contribution in [-0.2, 0) is 0 Å². The highest BCUT2D eigenvalue weighted by Crippen LogP contribution is 2.13. The molecule has 0 aliphatic heterocycles. The van der Waals surface area contributed by atoms with Crippen LogP contribution >= 0.6 is 0 Å². The van der Waals surface area contributed by atoms with Crippen LogP contribution in [0.2, 0.25) is 0 Å². The van der Waals surface area contributed by atoms with Gasteiger partial charge in [0.25, 0.3) is 11.8 Å². The van der Waals surface area contributed by atoms with Crippen LogP contribution in [0.4, 0.5) is 4.39 Å². The lowest BCUT2D eigenvalue weighted by Crippen LogP contribution is -2.44. The molecule has 0 spiro atoms. The molecular weight excluding hydrogens is 379 g/mol. The van der Waals surface area contributed by atoms with E-state index in [4.69, 9.17) is 4.74 Å². The standard InChI is InChI=1S/C20H17FN4O4/c1-12-11-17(26)18(24-25(12)16-6-4-3-5-15(16)21)20(28)23-22-19(27)13-7-9-14(29-2)10-8-13/h3-11H,1-2H3,(H,22,27)(H,23,28). The Morgan fingerprint density at radius 3 is 2.34 bits per heavy atom. The van der Waals surface area contributed by atoms with Crippen molar-refractivity contribution in [1.29, 1.82) is 0 Å². The molecule has 0 bridgehead atoms. The molecule has 0 fully saturated rings. The third-order valence-corrected chi connectivity index (χ3v) is 4.04. The summed E-state index contributed by atoms with van der Waals surface area (Å²) in [5, 5.41) is 3.96. The van der Waals surface area contributed by atoms with E-state index in [1.807, 2.05) is 0 Å². The number of methoxy groups -OCH3 is 1. The second-order valence-electron chi connectivity index (χ2n) is 6.00. The highest BCUT2D eigenvalue weighted by Gasteiger charge is 2.17. The Labute approximate surface area is 164 Å². The van der Waals surface area contributed by atoms with E-state index in [-0.39, 0.29) is 11.3 Å². The first-order valence-corrected chi connectivity index (χ1v) is 8.51. The van der Waals surface area contributed by atoms with Gasteiger partial charge in [0.15, 0.2) is 5.69 Å². The molecule has 2 N–H and O–H groups in total. The molecule has 3 aromatic rings. The minimum atomic E-state index is -0.929. The molecule has 0 atom stereocenters.